The van der Waals surface area contributed by atoms with Gasteiger partial charge in [0, 0.05) is 6.54 Å². The molecule has 0 saturated carbocycles. The number of nitrogens with zero attached hydrogens (tertiary/aromatic N) is 1. The van der Waals surface area contributed by atoms with Crippen LogP contribution in [-0.4, -0.2) is 29.1 Å². The summed E-state index contributed by atoms with van der Waals surface area (Å²) in [6.45, 7) is 3.27. The van der Waals surface area contributed by atoms with Gasteiger partial charge >= 0.3 is 5.97 Å². The van der Waals surface area contributed by atoms with Gasteiger partial charge in [0.05, 0.1) is 0 Å². The van der Waals surface area contributed by atoms with Crippen molar-refractivity contribution in [3.63, 3.8) is 0 Å². The van der Waals surface area contributed by atoms with E-state index in [0.29, 0.717) is 5.56 Å². The van der Waals surface area contributed by atoms with Crippen LogP contribution in [0.1, 0.15) is 36.4 Å². The van der Waals surface area contributed by atoms with Gasteiger partial charge in [-0.15, -0.1) is 0 Å². The molecule has 1 aliphatic heterocycles. The lowest BCUT2D eigenvalue weighted by atomic mass is 10.0. The van der Waals surface area contributed by atoms with Crippen LogP contribution in [0.15, 0.2) is 24.3 Å². The highest BCUT2D eigenvalue weighted by Crippen LogP contribution is 2.15. The highest BCUT2D eigenvalue weighted by molar-refractivity contribution is 5.75. The molecule has 1 unspecified atom stereocenters. The SMILES string of the molecule is NC(C(=O)O)c1ccc(CN2CCCCC2)cc1. The van der Waals surface area contributed by atoms with Crippen molar-refractivity contribution >= 4 is 5.97 Å². The molecule has 4 heteroatoms. The second-order valence-electron chi connectivity index (χ2n) is 4.89. The Kier molecular flexibility index (Phi) is 4.33. The molecule has 0 amide bonds. The zero-order valence-corrected chi connectivity index (χ0v) is 10.5. The second kappa shape index (κ2) is 5.98. The van der Waals surface area contributed by atoms with Gasteiger partial charge in [0.1, 0.15) is 6.04 Å². The third kappa shape index (κ3) is 3.31. The Hall–Kier alpha value is -1.39. The van der Waals surface area contributed by atoms with Gasteiger partial charge in [0.2, 0.25) is 0 Å². The molecular formula is C14H20N2O2. The number of rotatable bonds is 4. The summed E-state index contributed by atoms with van der Waals surface area (Å²) < 4.78 is 0. The standard InChI is InChI=1S/C14H20N2O2/c15-13(14(17)18)12-6-4-11(5-7-12)10-16-8-2-1-3-9-16/h4-7,13H,1-3,8-10,15H2,(H,17,18). The average Bonchev–Trinajstić information content (AvgIpc) is 2.40. The Balaban J connectivity index is 1.96. The summed E-state index contributed by atoms with van der Waals surface area (Å²) in [4.78, 5) is 13.2. The van der Waals surface area contributed by atoms with Crippen LogP contribution in [0.2, 0.25) is 0 Å². The van der Waals surface area contributed by atoms with Crippen molar-refractivity contribution in [1.82, 2.24) is 4.90 Å². The molecule has 1 saturated heterocycles. The Morgan fingerprint density at radius 3 is 2.39 bits per heavy atom. The smallest absolute Gasteiger partial charge is 0.325 e. The van der Waals surface area contributed by atoms with Crippen molar-refractivity contribution in [2.24, 2.45) is 5.73 Å². The first kappa shape index (κ1) is 13.1. The Labute approximate surface area is 107 Å². The molecule has 1 atom stereocenters. The maximum atomic E-state index is 10.8. The highest BCUT2D eigenvalue weighted by atomic mass is 16.4. The second-order valence-corrected chi connectivity index (χ2v) is 4.89. The van der Waals surface area contributed by atoms with Gasteiger partial charge in [0.15, 0.2) is 0 Å². The Bertz CT molecular complexity index is 397. The van der Waals surface area contributed by atoms with Crippen molar-refractivity contribution < 1.29 is 9.90 Å². The van der Waals surface area contributed by atoms with Crippen LogP contribution in [-0.2, 0) is 11.3 Å². The third-order valence-electron chi connectivity index (χ3n) is 3.46. The number of carbonyl (C=O) groups is 1. The van der Waals surface area contributed by atoms with Gasteiger partial charge in [-0.2, -0.15) is 0 Å². The van der Waals surface area contributed by atoms with Gasteiger partial charge in [-0.1, -0.05) is 30.7 Å². The molecule has 0 radical (unpaired) electrons. The van der Waals surface area contributed by atoms with Crippen LogP contribution in [0.25, 0.3) is 0 Å². The van der Waals surface area contributed by atoms with E-state index in [1.54, 1.807) is 0 Å². The fourth-order valence-corrected chi connectivity index (χ4v) is 2.35. The minimum Gasteiger partial charge on any atom is -0.480 e. The summed E-state index contributed by atoms with van der Waals surface area (Å²) >= 11 is 0. The van der Waals surface area contributed by atoms with Crippen molar-refractivity contribution in [3.05, 3.63) is 35.4 Å². The molecule has 1 aliphatic rings. The summed E-state index contributed by atoms with van der Waals surface area (Å²) in [5.41, 5.74) is 7.44. The molecule has 98 valence electrons. The summed E-state index contributed by atoms with van der Waals surface area (Å²) in [7, 11) is 0. The zero-order chi connectivity index (χ0) is 13.0. The van der Waals surface area contributed by atoms with Crippen LogP contribution >= 0.6 is 0 Å². The van der Waals surface area contributed by atoms with Crippen molar-refractivity contribution in [1.29, 1.82) is 0 Å². The first-order chi connectivity index (χ1) is 8.66. The number of hydrogen-bond donors (Lipinski definition) is 2. The number of carboxylic acids is 1. The Morgan fingerprint density at radius 1 is 1.22 bits per heavy atom. The van der Waals surface area contributed by atoms with Gasteiger partial charge in [-0.25, -0.2) is 0 Å². The molecule has 2 rings (SSSR count). The molecule has 4 nitrogen and oxygen atoms in total. The van der Waals surface area contributed by atoms with E-state index < -0.39 is 12.0 Å². The maximum absolute atomic E-state index is 10.8. The van der Waals surface area contributed by atoms with Crippen LogP contribution < -0.4 is 5.73 Å². The van der Waals surface area contributed by atoms with E-state index >= 15 is 0 Å². The minimum atomic E-state index is -0.987. The summed E-state index contributed by atoms with van der Waals surface area (Å²) in [5.74, 6) is -0.987. The Morgan fingerprint density at radius 2 is 1.83 bits per heavy atom. The van der Waals surface area contributed by atoms with Gasteiger partial charge in [-0.05, 0) is 37.1 Å². The lowest BCUT2D eigenvalue weighted by molar-refractivity contribution is -0.138. The number of piperidine rings is 1. The first-order valence-electron chi connectivity index (χ1n) is 6.46. The van der Waals surface area contributed by atoms with Crippen LogP contribution in [0, 0.1) is 0 Å². The number of hydrogen-bond acceptors (Lipinski definition) is 3. The average molecular weight is 248 g/mol. The van der Waals surface area contributed by atoms with Gasteiger partial charge in [-0.3, -0.25) is 9.69 Å². The van der Waals surface area contributed by atoms with Gasteiger partial charge in [0.25, 0.3) is 0 Å². The summed E-state index contributed by atoms with van der Waals surface area (Å²) in [5, 5.41) is 8.83. The molecule has 1 fully saturated rings. The fourth-order valence-electron chi connectivity index (χ4n) is 2.35. The topological polar surface area (TPSA) is 66.6 Å². The molecule has 18 heavy (non-hydrogen) atoms. The maximum Gasteiger partial charge on any atom is 0.325 e. The normalized spacial score (nSPS) is 18.5. The molecular weight excluding hydrogens is 228 g/mol. The van der Waals surface area contributed by atoms with E-state index in [2.05, 4.69) is 4.90 Å². The van der Waals surface area contributed by atoms with Crippen LogP contribution in [0.3, 0.4) is 0 Å². The minimum absolute atomic E-state index is 0.657. The summed E-state index contributed by atoms with van der Waals surface area (Å²) in [6, 6.07) is 6.67. The fraction of sp³-hybridized carbons (Fsp3) is 0.500. The van der Waals surface area contributed by atoms with Crippen molar-refractivity contribution in [2.45, 2.75) is 31.8 Å². The third-order valence-corrected chi connectivity index (χ3v) is 3.46. The van der Waals surface area contributed by atoms with E-state index in [1.807, 2.05) is 24.3 Å². The van der Waals surface area contributed by atoms with E-state index in [9.17, 15) is 4.79 Å². The first-order valence-corrected chi connectivity index (χ1v) is 6.46. The number of benzene rings is 1. The molecule has 1 aromatic rings. The van der Waals surface area contributed by atoms with Gasteiger partial charge < -0.3 is 10.8 Å². The van der Waals surface area contributed by atoms with E-state index in [-0.39, 0.29) is 0 Å². The predicted octanol–water partition coefficient (Wildman–Crippen LogP) is 1.76. The van der Waals surface area contributed by atoms with Crippen LogP contribution in [0.4, 0.5) is 0 Å². The number of nitrogens with two attached hydrogens (primary N) is 1. The van der Waals surface area contributed by atoms with Crippen molar-refractivity contribution in [3.8, 4) is 0 Å². The highest BCUT2D eigenvalue weighted by Gasteiger charge is 2.14. The molecule has 1 aromatic carbocycles. The van der Waals surface area contributed by atoms with Crippen LogP contribution in [0.5, 0.6) is 0 Å². The monoisotopic (exact) mass is 248 g/mol. The lowest BCUT2D eigenvalue weighted by Gasteiger charge is -2.26. The van der Waals surface area contributed by atoms with E-state index in [0.717, 1.165) is 19.6 Å². The quantitative estimate of drug-likeness (QED) is 0.852. The molecule has 1 heterocycles. The molecule has 0 bridgehead atoms. The van der Waals surface area contributed by atoms with E-state index in [1.165, 1.54) is 24.8 Å². The molecule has 0 aliphatic carbocycles. The molecule has 3 N–H and O–H groups in total. The molecule has 0 spiro atoms. The van der Waals surface area contributed by atoms with E-state index in [4.69, 9.17) is 10.8 Å². The number of aliphatic carboxylic acids is 1. The largest absolute Gasteiger partial charge is 0.480 e. The predicted molar refractivity (Wildman–Crippen MR) is 70.1 cm³/mol. The number of carboxylic acid groups (broad SMARTS) is 1. The zero-order valence-electron chi connectivity index (χ0n) is 10.5. The molecule has 0 aromatic heterocycles. The lowest BCUT2D eigenvalue weighted by Crippen LogP contribution is -2.29. The number of likely N-dealkylation sites (tertiary alicyclic amines) is 1. The van der Waals surface area contributed by atoms with Crippen molar-refractivity contribution in [2.75, 3.05) is 13.1 Å². The summed E-state index contributed by atoms with van der Waals surface area (Å²) in [6.07, 6.45) is 3.90.